The lowest BCUT2D eigenvalue weighted by molar-refractivity contribution is 1.02. The van der Waals surface area contributed by atoms with Gasteiger partial charge in [-0.1, -0.05) is 146 Å². The van der Waals surface area contributed by atoms with E-state index in [1.165, 1.54) is 58.2 Å². The minimum atomic E-state index is 0.800. The van der Waals surface area contributed by atoms with E-state index in [1.54, 1.807) is 0 Å². The summed E-state index contributed by atoms with van der Waals surface area (Å²) in [6.45, 7) is 6.49. The van der Waals surface area contributed by atoms with Gasteiger partial charge >= 0.3 is 0 Å². The minimum Gasteiger partial charge on any atom is -0.291 e. The molecule has 3 nitrogen and oxygen atoms in total. The molecule has 0 aliphatic rings. The van der Waals surface area contributed by atoms with Crippen molar-refractivity contribution < 1.29 is 0 Å². The van der Waals surface area contributed by atoms with Gasteiger partial charge in [0.1, 0.15) is 5.69 Å². The molecule has 0 aliphatic heterocycles. The molecule has 7 aromatic carbocycles. The summed E-state index contributed by atoms with van der Waals surface area (Å²) >= 11 is 1.86. The minimum absolute atomic E-state index is 0.800. The molecular weight excluding hydrogens is 639 g/mol. The van der Waals surface area contributed by atoms with Gasteiger partial charge in [0.05, 0.1) is 22.2 Å². The number of aryl methyl sites for hydroxylation is 1. The quantitative estimate of drug-likeness (QED) is 0.171. The maximum Gasteiger partial charge on any atom is 0.165 e. The Morgan fingerprint density at radius 1 is 0.627 bits per heavy atom. The Kier molecular flexibility index (Phi) is 6.73. The Morgan fingerprint density at radius 2 is 1.29 bits per heavy atom. The summed E-state index contributed by atoms with van der Waals surface area (Å²) in [6.07, 6.45) is 4.09. The molecule has 240 valence electrons. The van der Waals surface area contributed by atoms with E-state index in [9.17, 15) is 0 Å². The van der Waals surface area contributed by atoms with Gasteiger partial charge < -0.3 is 0 Å². The Balaban J connectivity index is 1.37. The standard InChI is InChI=1S/C47H31N3S/c1-3-14-36(37-21-13-22-38-42-34-19-9-7-15-30(34)26-28-41(42)51-46(37)38)44-29(2)33-27-25-31-16-8-10-20-35(31)45(33)50(44)47-43(32-17-5-4-6-18-32)48-39-23-11-12-24-40(39)49-47/h3-28H,1H2,2H3/b36-14-. The van der Waals surface area contributed by atoms with Crippen LogP contribution < -0.4 is 0 Å². The van der Waals surface area contributed by atoms with Gasteiger partial charge in [0.2, 0.25) is 0 Å². The molecule has 0 radical (unpaired) electrons. The number of aromatic nitrogens is 3. The van der Waals surface area contributed by atoms with Crippen LogP contribution >= 0.6 is 11.3 Å². The molecule has 10 aromatic rings. The molecule has 3 aromatic heterocycles. The van der Waals surface area contributed by atoms with Crippen LogP contribution in [0.2, 0.25) is 0 Å². The topological polar surface area (TPSA) is 30.7 Å². The summed E-state index contributed by atoms with van der Waals surface area (Å²) in [5, 5.41) is 8.64. The zero-order valence-electron chi connectivity index (χ0n) is 28.0. The second-order valence-corrected chi connectivity index (χ2v) is 14.1. The summed E-state index contributed by atoms with van der Waals surface area (Å²) in [4.78, 5) is 10.8. The van der Waals surface area contributed by atoms with Crippen LogP contribution in [-0.2, 0) is 0 Å². The Hall–Kier alpha value is -6.36. The monoisotopic (exact) mass is 669 g/mol. The van der Waals surface area contributed by atoms with Crippen molar-refractivity contribution in [3.05, 3.63) is 181 Å². The second-order valence-electron chi connectivity index (χ2n) is 13.0. The lowest BCUT2D eigenvalue weighted by atomic mass is 9.96. The van der Waals surface area contributed by atoms with E-state index in [0.29, 0.717) is 0 Å². The zero-order chi connectivity index (χ0) is 34.1. The van der Waals surface area contributed by atoms with Gasteiger partial charge in [0.15, 0.2) is 5.82 Å². The number of nitrogens with zero attached hydrogens (tertiary/aromatic N) is 3. The maximum atomic E-state index is 5.47. The number of hydrogen-bond donors (Lipinski definition) is 0. The van der Waals surface area contributed by atoms with Crippen LogP contribution in [0.1, 0.15) is 16.8 Å². The van der Waals surface area contributed by atoms with Crippen LogP contribution in [-0.4, -0.2) is 14.5 Å². The molecule has 0 fully saturated rings. The lowest BCUT2D eigenvalue weighted by Gasteiger charge is -2.19. The molecular formula is C47H31N3S. The zero-order valence-corrected chi connectivity index (χ0v) is 28.8. The first kappa shape index (κ1) is 29.5. The van der Waals surface area contributed by atoms with E-state index in [-0.39, 0.29) is 0 Å². The van der Waals surface area contributed by atoms with Crippen molar-refractivity contribution >= 4 is 80.6 Å². The first-order valence-corrected chi connectivity index (χ1v) is 18.0. The van der Waals surface area contributed by atoms with Crippen molar-refractivity contribution in [2.75, 3.05) is 0 Å². The molecule has 0 saturated carbocycles. The summed E-state index contributed by atoms with van der Waals surface area (Å²) in [5.41, 5.74) is 9.22. The van der Waals surface area contributed by atoms with Crippen LogP contribution in [0.15, 0.2) is 164 Å². The average Bonchev–Trinajstić information content (AvgIpc) is 3.72. The average molecular weight is 670 g/mol. The molecule has 3 heterocycles. The highest BCUT2D eigenvalue weighted by Gasteiger charge is 2.26. The molecule has 0 unspecified atom stereocenters. The van der Waals surface area contributed by atoms with E-state index in [0.717, 1.165) is 44.9 Å². The third-order valence-electron chi connectivity index (χ3n) is 10.1. The second kappa shape index (κ2) is 11.6. The van der Waals surface area contributed by atoms with Crippen molar-refractivity contribution in [2.24, 2.45) is 0 Å². The first-order chi connectivity index (χ1) is 25.2. The summed E-state index contributed by atoms with van der Waals surface area (Å²) < 4.78 is 4.92. The van der Waals surface area contributed by atoms with Crippen molar-refractivity contribution in [1.29, 1.82) is 0 Å². The van der Waals surface area contributed by atoms with Gasteiger partial charge in [-0.05, 0) is 46.8 Å². The van der Waals surface area contributed by atoms with E-state index >= 15 is 0 Å². The van der Waals surface area contributed by atoms with Crippen molar-refractivity contribution in [3.8, 4) is 17.1 Å². The van der Waals surface area contributed by atoms with Crippen LogP contribution in [0.3, 0.4) is 0 Å². The summed E-state index contributed by atoms with van der Waals surface area (Å²) in [6, 6.07) is 51.7. The van der Waals surface area contributed by atoms with Crippen LogP contribution in [0.5, 0.6) is 0 Å². The lowest BCUT2D eigenvalue weighted by Crippen LogP contribution is -2.08. The molecule has 51 heavy (non-hydrogen) atoms. The highest BCUT2D eigenvalue weighted by atomic mass is 32.1. The molecule has 0 amide bonds. The molecule has 0 aliphatic carbocycles. The van der Waals surface area contributed by atoms with Crippen LogP contribution in [0, 0.1) is 6.92 Å². The van der Waals surface area contributed by atoms with E-state index in [2.05, 4.69) is 145 Å². The van der Waals surface area contributed by atoms with Gasteiger partial charge in [0, 0.05) is 47.6 Å². The normalized spacial score (nSPS) is 12.2. The van der Waals surface area contributed by atoms with Gasteiger partial charge in [-0.15, -0.1) is 11.3 Å². The fourth-order valence-corrected chi connectivity index (χ4v) is 9.12. The fraction of sp³-hybridized carbons (Fsp3) is 0.0213. The highest BCUT2D eigenvalue weighted by Crippen LogP contribution is 2.46. The van der Waals surface area contributed by atoms with Gasteiger partial charge in [0.25, 0.3) is 0 Å². The molecule has 0 bridgehead atoms. The number of fused-ring (bicyclic) bond motifs is 9. The smallest absolute Gasteiger partial charge is 0.165 e. The highest BCUT2D eigenvalue weighted by molar-refractivity contribution is 7.26. The third kappa shape index (κ3) is 4.50. The predicted octanol–water partition coefficient (Wildman–Crippen LogP) is 12.8. The fourth-order valence-electron chi connectivity index (χ4n) is 7.87. The van der Waals surface area contributed by atoms with Crippen LogP contribution in [0.4, 0.5) is 0 Å². The molecule has 4 heteroatoms. The van der Waals surface area contributed by atoms with Gasteiger partial charge in [-0.2, -0.15) is 0 Å². The van der Waals surface area contributed by atoms with Gasteiger partial charge in [-0.25, -0.2) is 9.97 Å². The largest absolute Gasteiger partial charge is 0.291 e. The Bertz CT molecular complexity index is 3050. The Morgan fingerprint density at radius 3 is 2.10 bits per heavy atom. The number of hydrogen-bond acceptors (Lipinski definition) is 3. The van der Waals surface area contributed by atoms with E-state index in [1.807, 2.05) is 41.7 Å². The molecule has 0 atom stereocenters. The number of allylic oxidation sites excluding steroid dienone is 2. The molecule has 0 saturated heterocycles. The predicted molar refractivity (Wildman–Crippen MR) is 218 cm³/mol. The van der Waals surface area contributed by atoms with E-state index in [4.69, 9.17) is 9.97 Å². The first-order valence-electron chi connectivity index (χ1n) is 17.2. The SMILES string of the molecule is C=C/C=C(/c1cccc2c1sc1ccc3ccccc3c12)c1c(C)c2ccc3ccccc3c2n1-c1nc2ccccc2nc1-c1ccccc1. The van der Waals surface area contributed by atoms with Crippen molar-refractivity contribution in [2.45, 2.75) is 6.92 Å². The summed E-state index contributed by atoms with van der Waals surface area (Å²) in [7, 11) is 0. The number of thiophene rings is 1. The molecule has 10 rings (SSSR count). The maximum absolute atomic E-state index is 5.47. The number of rotatable bonds is 5. The van der Waals surface area contributed by atoms with Crippen molar-refractivity contribution in [1.82, 2.24) is 14.5 Å². The van der Waals surface area contributed by atoms with Crippen molar-refractivity contribution in [3.63, 3.8) is 0 Å². The Labute approximate surface area is 299 Å². The third-order valence-corrected chi connectivity index (χ3v) is 11.3. The molecule has 0 spiro atoms. The van der Waals surface area contributed by atoms with Gasteiger partial charge in [-0.3, -0.25) is 4.57 Å². The van der Waals surface area contributed by atoms with Crippen LogP contribution in [0.25, 0.3) is 86.3 Å². The summed E-state index contributed by atoms with van der Waals surface area (Å²) in [5.74, 6) is 0.800. The number of benzene rings is 7. The number of para-hydroxylation sites is 2. The van der Waals surface area contributed by atoms with E-state index < -0.39 is 0 Å². The molecule has 0 N–H and O–H groups in total.